The Bertz CT molecular complexity index is 311. The molecule has 0 spiro atoms. The number of carbonyl (C=O) groups is 1. The second kappa shape index (κ2) is 4.82. The topological polar surface area (TPSA) is 44.4 Å². The third kappa shape index (κ3) is 2.05. The van der Waals surface area contributed by atoms with Gasteiger partial charge in [0.2, 0.25) is 5.91 Å². The number of hydrogen-bond acceptors (Lipinski definition) is 3. The molecule has 3 heterocycles. The summed E-state index contributed by atoms with van der Waals surface area (Å²) in [6.07, 6.45) is 6.88. The number of rotatable bonds is 1. The molecule has 18 heavy (non-hydrogen) atoms. The number of nitrogens with one attached hydrogen (secondary N) is 2. The predicted molar refractivity (Wildman–Crippen MR) is 71.4 cm³/mol. The molecule has 3 atom stereocenters. The van der Waals surface area contributed by atoms with Crippen LogP contribution in [0, 0.1) is 0 Å². The van der Waals surface area contributed by atoms with Crippen molar-refractivity contribution in [3.63, 3.8) is 0 Å². The highest BCUT2D eigenvalue weighted by Gasteiger charge is 2.45. The molecular formula is C14H25N3O. The number of nitrogens with zero attached hydrogens (tertiary/aromatic N) is 1. The summed E-state index contributed by atoms with van der Waals surface area (Å²) in [4.78, 5) is 15.1. The van der Waals surface area contributed by atoms with Gasteiger partial charge in [-0.25, -0.2) is 0 Å². The lowest BCUT2D eigenvalue weighted by molar-refractivity contribution is -0.141. The maximum atomic E-state index is 12.9. The van der Waals surface area contributed by atoms with Crippen LogP contribution in [0.2, 0.25) is 0 Å². The molecule has 3 rings (SSSR count). The smallest absolute Gasteiger partial charge is 0.243 e. The third-order valence-corrected chi connectivity index (χ3v) is 4.98. The van der Waals surface area contributed by atoms with Gasteiger partial charge in [0.05, 0.1) is 5.54 Å². The Morgan fingerprint density at radius 1 is 1.17 bits per heavy atom. The largest absolute Gasteiger partial charge is 0.334 e. The van der Waals surface area contributed by atoms with E-state index in [4.69, 9.17) is 0 Å². The first-order valence-electron chi connectivity index (χ1n) is 7.49. The van der Waals surface area contributed by atoms with E-state index < -0.39 is 0 Å². The summed E-state index contributed by atoms with van der Waals surface area (Å²) in [5, 5.41) is 6.93. The molecule has 3 aliphatic rings. The molecule has 0 aromatic carbocycles. The van der Waals surface area contributed by atoms with E-state index in [1.165, 1.54) is 25.7 Å². The van der Waals surface area contributed by atoms with Crippen LogP contribution < -0.4 is 10.6 Å². The Morgan fingerprint density at radius 3 is 2.78 bits per heavy atom. The van der Waals surface area contributed by atoms with Crippen LogP contribution in [0.15, 0.2) is 0 Å². The van der Waals surface area contributed by atoms with E-state index in [9.17, 15) is 4.79 Å². The van der Waals surface area contributed by atoms with Crippen molar-refractivity contribution in [2.24, 2.45) is 0 Å². The Kier molecular flexibility index (Phi) is 3.32. The Labute approximate surface area is 109 Å². The lowest BCUT2D eigenvalue weighted by atomic mass is 9.89. The summed E-state index contributed by atoms with van der Waals surface area (Å²) < 4.78 is 0. The summed E-state index contributed by atoms with van der Waals surface area (Å²) in [5.74, 6) is 0.360. The molecule has 3 saturated heterocycles. The monoisotopic (exact) mass is 251 g/mol. The van der Waals surface area contributed by atoms with Gasteiger partial charge in [-0.2, -0.15) is 0 Å². The van der Waals surface area contributed by atoms with Gasteiger partial charge in [-0.05, 0) is 58.5 Å². The van der Waals surface area contributed by atoms with Gasteiger partial charge < -0.3 is 15.5 Å². The quantitative estimate of drug-likeness (QED) is 0.727. The van der Waals surface area contributed by atoms with Crippen LogP contribution in [0.4, 0.5) is 0 Å². The first-order valence-corrected chi connectivity index (χ1v) is 7.49. The van der Waals surface area contributed by atoms with Crippen LogP contribution in [0.1, 0.15) is 45.4 Å². The van der Waals surface area contributed by atoms with Crippen molar-refractivity contribution in [1.29, 1.82) is 0 Å². The molecule has 0 aromatic rings. The molecule has 2 bridgehead atoms. The van der Waals surface area contributed by atoms with E-state index >= 15 is 0 Å². The Morgan fingerprint density at radius 2 is 2.00 bits per heavy atom. The summed E-state index contributed by atoms with van der Waals surface area (Å²) in [6.45, 7) is 5.14. The summed E-state index contributed by atoms with van der Waals surface area (Å²) in [6, 6.07) is 0.920. The fourth-order valence-electron chi connectivity index (χ4n) is 3.84. The zero-order valence-electron chi connectivity index (χ0n) is 11.4. The SMILES string of the molecule is CC1(C(=O)N2C3CCNCC2CC3)CCCCN1. The van der Waals surface area contributed by atoms with E-state index in [0.29, 0.717) is 18.0 Å². The normalized spacial score (nSPS) is 40.6. The number of amides is 1. The van der Waals surface area contributed by atoms with E-state index in [1.54, 1.807) is 0 Å². The molecule has 0 aliphatic carbocycles. The summed E-state index contributed by atoms with van der Waals surface area (Å²) in [5.41, 5.74) is -0.302. The lowest BCUT2D eigenvalue weighted by Crippen LogP contribution is -2.60. The molecule has 0 saturated carbocycles. The maximum absolute atomic E-state index is 12.9. The van der Waals surface area contributed by atoms with Crippen molar-refractivity contribution in [2.75, 3.05) is 19.6 Å². The third-order valence-electron chi connectivity index (χ3n) is 4.98. The molecule has 3 fully saturated rings. The average Bonchev–Trinajstić information content (AvgIpc) is 2.63. The minimum Gasteiger partial charge on any atom is -0.334 e. The molecule has 3 unspecified atom stereocenters. The first-order chi connectivity index (χ1) is 8.71. The highest BCUT2D eigenvalue weighted by atomic mass is 16.2. The van der Waals surface area contributed by atoms with Crippen molar-refractivity contribution in [3.05, 3.63) is 0 Å². The predicted octanol–water partition coefficient (Wildman–Crippen LogP) is 0.872. The molecule has 0 aromatic heterocycles. The minimum atomic E-state index is -0.302. The van der Waals surface area contributed by atoms with Gasteiger partial charge in [0.1, 0.15) is 0 Å². The number of hydrogen-bond donors (Lipinski definition) is 2. The zero-order valence-corrected chi connectivity index (χ0v) is 11.4. The highest BCUT2D eigenvalue weighted by Crippen LogP contribution is 2.32. The second-order valence-electron chi connectivity index (χ2n) is 6.31. The second-order valence-corrected chi connectivity index (χ2v) is 6.31. The highest BCUT2D eigenvalue weighted by molar-refractivity contribution is 5.87. The fourth-order valence-corrected chi connectivity index (χ4v) is 3.84. The standard InChI is InChI=1S/C14H25N3O/c1-14(7-2-3-8-16-14)13(18)17-11-4-5-12(17)10-15-9-6-11/h11-12,15-16H,2-10H2,1H3. The fraction of sp³-hybridized carbons (Fsp3) is 0.929. The molecule has 4 nitrogen and oxygen atoms in total. The van der Waals surface area contributed by atoms with Gasteiger partial charge in [0.25, 0.3) is 0 Å². The summed E-state index contributed by atoms with van der Waals surface area (Å²) in [7, 11) is 0. The van der Waals surface area contributed by atoms with Gasteiger partial charge in [0, 0.05) is 18.6 Å². The van der Waals surface area contributed by atoms with Gasteiger partial charge in [-0.15, -0.1) is 0 Å². The number of fused-ring (bicyclic) bond motifs is 2. The van der Waals surface area contributed by atoms with Crippen LogP contribution >= 0.6 is 0 Å². The van der Waals surface area contributed by atoms with Gasteiger partial charge >= 0.3 is 0 Å². The van der Waals surface area contributed by atoms with Crippen LogP contribution in [-0.4, -0.2) is 48.1 Å². The molecule has 3 aliphatic heterocycles. The summed E-state index contributed by atoms with van der Waals surface area (Å²) >= 11 is 0. The van der Waals surface area contributed by atoms with E-state index in [2.05, 4.69) is 22.5 Å². The van der Waals surface area contributed by atoms with Crippen LogP contribution in [0.3, 0.4) is 0 Å². The first kappa shape index (κ1) is 12.4. The van der Waals surface area contributed by atoms with Crippen molar-refractivity contribution in [1.82, 2.24) is 15.5 Å². The zero-order chi connectivity index (χ0) is 12.6. The van der Waals surface area contributed by atoms with Crippen molar-refractivity contribution >= 4 is 5.91 Å². The van der Waals surface area contributed by atoms with E-state index in [1.807, 2.05) is 0 Å². The number of piperidine rings is 1. The number of carbonyl (C=O) groups excluding carboxylic acids is 1. The average molecular weight is 251 g/mol. The molecule has 1 amide bonds. The minimum absolute atomic E-state index is 0.302. The van der Waals surface area contributed by atoms with Crippen molar-refractivity contribution in [3.8, 4) is 0 Å². The van der Waals surface area contributed by atoms with Crippen molar-refractivity contribution in [2.45, 2.75) is 63.1 Å². The van der Waals surface area contributed by atoms with E-state index in [0.717, 1.165) is 32.5 Å². The Balaban J connectivity index is 1.78. The Hall–Kier alpha value is -0.610. The molecular weight excluding hydrogens is 226 g/mol. The lowest BCUT2D eigenvalue weighted by Gasteiger charge is -2.40. The maximum Gasteiger partial charge on any atom is 0.243 e. The molecule has 2 N–H and O–H groups in total. The van der Waals surface area contributed by atoms with Crippen LogP contribution in [0.25, 0.3) is 0 Å². The van der Waals surface area contributed by atoms with Gasteiger partial charge in [0.15, 0.2) is 0 Å². The van der Waals surface area contributed by atoms with Crippen molar-refractivity contribution < 1.29 is 4.79 Å². The van der Waals surface area contributed by atoms with E-state index in [-0.39, 0.29) is 5.54 Å². The van der Waals surface area contributed by atoms with Crippen LogP contribution in [0.5, 0.6) is 0 Å². The molecule has 102 valence electrons. The van der Waals surface area contributed by atoms with Crippen LogP contribution in [-0.2, 0) is 4.79 Å². The van der Waals surface area contributed by atoms with Gasteiger partial charge in [-0.1, -0.05) is 0 Å². The molecule has 4 heteroatoms. The molecule has 0 radical (unpaired) electrons. The van der Waals surface area contributed by atoms with Gasteiger partial charge in [-0.3, -0.25) is 4.79 Å².